The Morgan fingerprint density at radius 1 is 1.33 bits per heavy atom. The molecule has 2 amide bonds. The molecule has 0 bridgehead atoms. The maximum absolute atomic E-state index is 11.7. The highest BCUT2D eigenvalue weighted by Gasteiger charge is 2.16. The van der Waals surface area contributed by atoms with E-state index in [4.69, 9.17) is 11.5 Å². The molecule has 0 radical (unpaired) electrons. The van der Waals surface area contributed by atoms with Crippen molar-refractivity contribution in [3.8, 4) is 0 Å². The number of aryl methyl sites for hydroxylation is 1. The summed E-state index contributed by atoms with van der Waals surface area (Å²) < 4.78 is 24.7. The lowest BCUT2D eigenvalue weighted by atomic mass is 10.1. The number of anilines is 2. The van der Waals surface area contributed by atoms with E-state index in [0.717, 1.165) is 6.26 Å². The number of amides is 2. The van der Waals surface area contributed by atoms with Gasteiger partial charge in [-0.2, -0.15) is 0 Å². The topological polar surface area (TPSA) is 144 Å². The van der Waals surface area contributed by atoms with Gasteiger partial charge < -0.3 is 16.8 Å². The lowest BCUT2D eigenvalue weighted by Gasteiger charge is -2.13. The average molecular weight is 314 g/mol. The molecule has 6 N–H and O–H groups in total. The van der Waals surface area contributed by atoms with Gasteiger partial charge in [-0.25, -0.2) is 8.42 Å². The van der Waals surface area contributed by atoms with Crippen LogP contribution >= 0.6 is 0 Å². The summed E-state index contributed by atoms with van der Waals surface area (Å²) in [5.41, 5.74) is 12.0. The van der Waals surface area contributed by atoms with E-state index in [2.05, 4.69) is 10.0 Å². The summed E-state index contributed by atoms with van der Waals surface area (Å²) in [5, 5.41) is 2.53. The molecule has 0 fully saturated rings. The summed E-state index contributed by atoms with van der Waals surface area (Å²) in [6.07, 6.45) is 0.795. The Bertz CT molecular complexity index is 657. The number of carbonyl (C=O) groups excluding carboxylic acids is 2. The van der Waals surface area contributed by atoms with Crippen molar-refractivity contribution in [1.29, 1.82) is 0 Å². The van der Waals surface area contributed by atoms with Gasteiger partial charge in [-0.05, 0) is 30.7 Å². The number of rotatable bonds is 6. The van der Waals surface area contributed by atoms with Gasteiger partial charge >= 0.3 is 0 Å². The maximum Gasteiger partial charge on any atom is 0.241 e. The number of nitrogens with two attached hydrogens (primary N) is 2. The van der Waals surface area contributed by atoms with E-state index in [1.807, 2.05) is 0 Å². The number of sulfonamides is 1. The Morgan fingerprint density at radius 3 is 2.43 bits per heavy atom. The first-order chi connectivity index (χ1) is 9.58. The van der Waals surface area contributed by atoms with Crippen LogP contribution in [0.3, 0.4) is 0 Å². The van der Waals surface area contributed by atoms with Crippen molar-refractivity contribution in [2.24, 2.45) is 11.5 Å². The third kappa shape index (κ3) is 5.79. The molecule has 0 saturated carbocycles. The van der Waals surface area contributed by atoms with E-state index in [-0.39, 0.29) is 6.42 Å². The molecule has 1 rings (SSSR count). The van der Waals surface area contributed by atoms with Crippen molar-refractivity contribution in [2.45, 2.75) is 19.4 Å². The predicted molar refractivity (Wildman–Crippen MR) is 80.1 cm³/mol. The SMILES string of the molecule is Cc1cc(NC(=O)C(N)CC(N)=O)ccc1NS(C)(=O)=O. The molecule has 9 heteroatoms. The first kappa shape index (κ1) is 16.9. The highest BCUT2D eigenvalue weighted by molar-refractivity contribution is 7.92. The van der Waals surface area contributed by atoms with Crippen LogP contribution in [0, 0.1) is 6.92 Å². The Morgan fingerprint density at radius 2 is 1.95 bits per heavy atom. The summed E-state index contributed by atoms with van der Waals surface area (Å²) in [7, 11) is -3.37. The zero-order chi connectivity index (χ0) is 16.2. The molecular formula is C12H18N4O4S. The normalized spacial score (nSPS) is 12.5. The molecule has 1 unspecified atom stereocenters. The maximum atomic E-state index is 11.7. The number of hydrogen-bond acceptors (Lipinski definition) is 5. The summed E-state index contributed by atoms with van der Waals surface area (Å²) in [6, 6.07) is 3.60. The molecule has 0 heterocycles. The molecule has 0 aliphatic carbocycles. The zero-order valence-corrected chi connectivity index (χ0v) is 12.5. The zero-order valence-electron chi connectivity index (χ0n) is 11.7. The second-order valence-electron chi connectivity index (χ2n) is 4.67. The molecule has 8 nitrogen and oxygen atoms in total. The second-order valence-corrected chi connectivity index (χ2v) is 6.42. The van der Waals surface area contributed by atoms with E-state index >= 15 is 0 Å². The molecule has 0 spiro atoms. The van der Waals surface area contributed by atoms with Crippen LogP contribution in [0.25, 0.3) is 0 Å². The fourth-order valence-corrected chi connectivity index (χ4v) is 2.23. The summed E-state index contributed by atoms with van der Waals surface area (Å²) in [6.45, 7) is 1.69. The smallest absolute Gasteiger partial charge is 0.241 e. The van der Waals surface area contributed by atoms with Crippen molar-refractivity contribution in [2.75, 3.05) is 16.3 Å². The first-order valence-corrected chi connectivity index (χ1v) is 7.91. The van der Waals surface area contributed by atoms with E-state index in [9.17, 15) is 18.0 Å². The number of primary amides is 1. The third-order valence-corrected chi connectivity index (χ3v) is 3.14. The fourth-order valence-electron chi connectivity index (χ4n) is 1.60. The van der Waals surface area contributed by atoms with Crippen LogP contribution in [-0.2, 0) is 19.6 Å². The Balaban J connectivity index is 2.80. The quantitative estimate of drug-likeness (QED) is 0.560. The van der Waals surface area contributed by atoms with Crippen LogP contribution in [0.1, 0.15) is 12.0 Å². The van der Waals surface area contributed by atoms with Crippen LogP contribution in [0.5, 0.6) is 0 Å². The monoisotopic (exact) mass is 314 g/mol. The second kappa shape index (κ2) is 6.55. The van der Waals surface area contributed by atoms with Gasteiger partial charge in [0.1, 0.15) is 0 Å². The lowest BCUT2D eigenvalue weighted by Crippen LogP contribution is -2.39. The van der Waals surface area contributed by atoms with Gasteiger partial charge in [0, 0.05) is 5.69 Å². The summed E-state index contributed by atoms with van der Waals surface area (Å²) in [5.74, 6) is -1.21. The van der Waals surface area contributed by atoms with Gasteiger partial charge in [-0.3, -0.25) is 14.3 Å². The Labute approximate surface area is 122 Å². The van der Waals surface area contributed by atoms with Crippen LogP contribution in [-0.4, -0.2) is 32.5 Å². The lowest BCUT2D eigenvalue weighted by molar-refractivity contribution is -0.123. The fraction of sp³-hybridized carbons (Fsp3) is 0.333. The van der Waals surface area contributed by atoms with Crippen LogP contribution in [0.2, 0.25) is 0 Å². The highest BCUT2D eigenvalue weighted by atomic mass is 32.2. The van der Waals surface area contributed by atoms with Gasteiger partial charge in [0.2, 0.25) is 21.8 Å². The molecule has 0 aliphatic heterocycles. The van der Waals surface area contributed by atoms with E-state index in [1.54, 1.807) is 13.0 Å². The summed E-state index contributed by atoms with van der Waals surface area (Å²) >= 11 is 0. The molecule has 1 aromatic rings. The minimum absolute atomic E-state index is 0.251. The standard InChI is InChI=1S/C12H18N4O4S/c1-7-5-8(3-4-10(7)16-21(2,19)20)15-12(18)9(13)6-11(14)17/h3-5,9,16H,6,13H2,1-2H3,(H2,14,17)(H,15,18). The number of carbonyl (C=O) groups is 2. The molecule has 0 aliphatic rings. The van der Waals surface area contributed by atoms with Crippen molar-refractivity contribution < 1.29 is 18.0 Å². The van der Waals surface area contributed by atoms with E-state index < -0.39 is 27.9 Å². The van der Waals surface area contributed by atoms with Crippen LogP contribution in [0.4, 0.5) is 11.4 Å². The molecule has 0 aromatic heterocycles. The Hall–Kier alpha value is -2.13. The minimum atomic E-state index is -3.37. The first-order valence-electron chi connectivity index (χ1n) is 6.01. The van der Waals surface area contributed by atoms with E-state index in [1.165, 1.54) is 12.1 Å². The average Bonchev–Trinajstić information content (AvgIpc) is 2.30. The molecule has 1 atom stereocenters. The highest BCUT2D eigenvalue weighted by Crippen LogP contribution is 2.20. The molecular weight excluding hydrogens is 296 g/mol. The van der Waals surface area contributed by atoms with Gasteiger partial charge in [0.15, 0.2) is 0 Å². The minimum Gasteiger partial charge on any atom is -0.370 e. The molecule has 0 saturated heterocycles. The predicted octanol–water partition coefficient (Wildman–Crippen LogP) is -0.492. The van der Waals surface area contributed by atoms with Gasteiger partial charge in [-0.15, -0.1) is 0 Å². The number of hydrogen-bond donors (Lipinski definition) is 4. The van der Waals surface area contributed by atoms with Crippen molar-refractivity contribution in [3.63, 3.8) is 0 Å². The van der Waals surface area contributed by atoms with Gasteiger partial charge in [0.25, 0.3) is 0 Å². The largest absolute Gasteiger partial charge is 0.370 e. The van der Waals surface area contributed by atoms with Crippen LogP contribution < -0.4 is 21.5 Å². The molecule has 116 valence electrons. The van der Waals surface area contributed by atoms with Crippen molar-refractivity contribution >= 4 is 33.2 Å². The number of nitrogens with one attached hydrogen (secondary N) is 2. The van der Waals surface area contributed by atoms with E-state index in [0.29, 0.717) is 16.9 Å². The third-order valence-electron chi connectivity index (χ3n) is 2.55. The molecule has 1 aromatic carbocycles. The van der Waals surface area contributed by atoms with Crippen molar-refractivity contribution in [3.05, 3.63) is 23.8 Å². The summed E-state index contributed by atoms with van der Waals surface area (Å²) in [4.78, 5) is 22.4. The van der Waals surface area contributed by atoms with Gasteiger partial charge in [-0.1, -0.05) is 0 Å². The Kier molecular flexibility index (Phi) is 5.28. The molecule has 21 heavy (non-hydrogen) atoms. The number of benzene rings is 1. The van der Waals surface area contributed by atoms with Crippen LogP contribution in [0.15, 0.2) is 18.2 Å². The van der Waals surface area contributed by atoms with Gasteiger partial charge in [0.05, 0.1) is 24.4 Å². The van der Waals surface area contributed by atoms with Crippen molar-refractivity contribution in [1.82, 2.24) is 0 Å².